The third-order valence-electron chi connectivity index (χ3n) is 4.21. The zero-order valence-corrected chi connectivity index (χ0v) is 12.9. The molecule has 2 heterocycles. The van der Waals surface area contributed by atoms with Gasteiger partial charge in [-0.1, -0.05) is 6.92 Å². The molecule has 1 aliphatic heterocycles. The molecule has 2 unspecified atom stereocenters. The second-order valence-electron chi connectivity index (χ2n) is 5.92. The van der Waals surface area contributed by atoms with Crippen molar-refractivity contribution in [1.82, 2.24) is 14.9 Å². The number of hydrogen-bond acceptors (Lipinski definition) is 5. The van der Waals surface area contributed by atoms with Crippen LogP contribution in [0.4, 0.5) is 5.95 Å². The third kappa shape index (κ3) is 3.90. The highest BCUT2D eigenvalue weighted by Crippen LogP contribution is 2.17. The second-order valence-corrected chi connectivity index (χ2v) is 5.92. The number of likely N-dealkylation sites (N-methyl/N-ethyl adjacent to an activating group) is 2. The SMILES string of the molecule is CCC(N)Cc1cnc(N(C)CC2CCCN2C)nc1. The van der Waals surface area contributed by atoms with Crippen LogP contribution in [0.15, 0.2) is 12.4 Å². The van der Waals surface area contributed by atoms with Gasteiger partial charge in [0.1, 0.15) is 0 Å². The Bertz CT molecular complexity index is 405. The molecule has 5 heteroatoms. The summed E-state index contributed by atoms with van der Waals surface area (Å²) in [6.45, 7) is 4.29. The Hall–Kier alpha value is -1.20. The van der Waals surface area contributed by atoms with Crippen LogP contribution in [0.5, 0.6) is 0 Å². The molecule has 2 rings (SSSR count). The quantitative estimate of drug-likeness (QED) is 0.849. The molecular weight excluding hydrogens is 250 g/mol. The largest absolute Gasteiger partial charge is 0.342 e. The van der Waals surface area contributed by atoms with Crippen LogP contribution in [0.25, 0.3) is 0 Å². The van der Waals surface area contributed by atoms with Gasteiger partial charge in [0.05, 0.1) is 0 Å². The molecule has 0 saturated carbocycles. The van der Waals surface area contributed by atoms with E-state index in [1.807, 2.05) is 12.4 Å². The fraction of sp³-hybridized carbons (Fsp3) is 0.733. The number of nitrogens with two attached hydrogens (primary N) is 1. The molecular formula is C15H27N5. The minimum atomic E-state index is 0.203. The second kappa shape index (κ2) is 6.99. The fourth-order valence-electron chi connectivity index (χ4n) is 2.71. The van der Waals surface area contributed by atoms with Crippen LogP contribution in [0.3, 0.4) is 0 Å². The van der Waals surface area contributed by atoms with Gasteiger partial charge in [-0.15, -0.1) is 0 Å². The van der Waals surface area contributed by atoms with Gasteiger partial charge in [-0.2, -0.15) is 0 Å². The maximum absolute atomic E-state index is 5.96. The lowest BCUT2D eigenvalue weighted by Gasteiger charge is -2.25. The van der Waals surface area contributed by atoms with Gasteiger partial charge in [-0.05, 0) is 44.8 Å². The number of hydrogen-bond donors (Lipinski definition) is 1. The van der Waals surface area contributed by atoms with Gasteiger partial charge in [0.15, 0.2) is 0 Å². The zero-order valence-electron chi connectivity index (χ0n) is 12.9. The van der Waals surface area contributed by atoms with E-state index in [0.717, 1.165) is 30.9 Å². The lowest BCUT2D eigenvalue weighted by molar-refractivity contribution is 0.313. The van der Waals surface area contributed by atoms with E-state index in [1.165, 1.54) is 19.4 Å². The summed E-state index contributed by atoms with van der Waals surface area (Å²) in [6.07, 6.45) is 8.22. The molecule has 1 fully saturated rings. The van der Waals surface area contributed by atoms with E-state index in [1.54, 1.807) is 0 Å². The summed E-state index contributed by atoms with van der Waals surface area (Å²) in [5.41, 5.74) is 7.08. The fourth-order valence-corrected chi connectivity index (χ4v) is 2.71. The van der Waals surface area contributed by atoms with E-state index >= 15 is 0 Å². The molecule has 1 aromatic rings. The van der Waals surface area contributed by atoms with Crippen molar-refractivity contribution in [1.29, 1.82) is 0 Å². The summed E-state index contributed by atoms with van der Waals surface area (Å²) in [7, 11) is 4.26. The van der Waals surface area contributed by atoms with Crippen LogP contribution in [0.1, 0.15) is 31.7 Å². The lowest BCUT2D eigenvalue weighted by Crippen LogP contribution is -2.37. The highest BCUT2D eigenvalue weighted by molar-refractivity contribution is 5.29. The van der Waals surface area contributed by atoms with Crippen LogP contribution in [0.2, 0.25) is 0 Å². The number of aromatic nitrogens is 2. The summed E-state index contributed by atoms with van der Waals surface area (Å²) in [5, 5.41) is 0. The molecule has 0 bridgehead atoms. The molecule has 20 heavy (non-hydrogen) atoms. The monoisotopic (exact) mass is 277 g/mol. The summed E-state index contributed by atoms with van der Waals surface area (Å²) in [4.78, 5) is 13.5. The average molecular weight is 277 g/mol. The van der Waals surface area contributed by atoms with Gasteiger partial charge >= 0.3 is 0 Å². The van der Waals surface area contributed by atoms with Crippen molar-refractivity contribution in [2.75, 3.05) is 32.1 Å². The Morgan fingerprint density at radius 2 is 2.15 bits per heavy atom. The Morgan fingerprint density at radius 1 is 1.45 bits per heavy atom. The van der Waals surface area contributed by atoms with Crippen molar-refractivity contribution >= 4 is 5.95 Å². The minimum absolute atomic E-state index is 0.203. The highest BCUT2D eigenvalue weighted by Gasteiger charge is 2.22. The standard InChI is InChI=1S/C15H27N5/c1-4-13(16)8-12-9-17-15(18-10-12)20(3)11-14-6-5-7-19(14)2/h9-10,13-14H,4-8,11,16H2,1-3H3. The Morgan fingerprint density at radius 3 is 2.70 bits per heavy atom. The predicted octanol–water partition coefficient (Wildman–Crippen LogP) is 1.29. The van der Waals surface area contributed by atoms with E-state index in [4.69, 9.17) is 5.73 Å². The summed E-state index contributed by atoms with van der Waals surface area (Å²) < 4.78 is 0. The normalized spacial score (nSPS) is 21.1. The van der Waals surface area contributed by atoms with Crippen LogP contribution < -0.4 is 10.6 Å². The van der Waals surface area contributed by atoms with E-state index in [-0.39, 0.29) is 6.04 Å². The van der Waals surface area contributed by atoms with Crippen LogP contribution in [-0.2, 0) is 6.42 Å². The van der Waals surface area contributed by atoms with Crippen LogP contribution >= 0.6 is 0 Å². The summed E-state index contributed by atoms with van der Waals surface area (Å²) in [6, 6.07) is 0.825. The first-order valence-corrected chi connectivity index (χ1v) is 7.58. The number of anilines is 1. The van der Waals surface area contributed by atoms with Crippen molar-refractivity contribution in [2.45, 2.75) is 44.7 Å². The Balaban J connectivity index is 1.91. The molecule has 0 spiro atoms. The van der Waals surface area contributed by atoms with Gasteiger partial charge in [0.2, 0.25) is 5.95 Å². The summed E-state index contributed by atoms with van der Waals surface area (Å²) >= 11 is 0. The van der Waals surface area contributed by atoms with Gasteiger partial charge in [0, 0.05) is 38.1 Å². The van der Waals surface area contributed by atoms with Crippen molar-refractivity contribution in [2.24, 2.45) is 5.73 Å². The zero-order chi connectivity index (χ0) is 14.5. The van der Waals surface area contributed by atoms with Crippen LogP contribution in [-0.4, -0.2) is 54.1 Å². The molecule has 0 aliphatic carbocycles. The molecule has 2 atom stereocenters. The number of likely N-dealkylation sites (tertiary alicyclic amines) is 1. The van der Waals surface area contributed by atoms with E-state index in [0.29, 0.717) is 6.04 Å². The number of nitrogens with zero attached hydrogens (tertiary/aromatic N) is 4. The maximum atomic E-state index is 5.96. The first-order valence-electron chi connectivity index (χ1n) is 7.58. The van der Waals surface area contributed by atoms with E-state index in [9.17, 15) is 0 Å². The minimum Gasteiger partial charge on any atom is -0.342 e. The molecule has 1 saturated heterocycles. The van der Waals surface area contributed by atoms with Crippen molar-refractivity contribution in [3.8, 4) is 0 Å². The van der Waals surface area contributed by atoms with E-state index < -0.39 is 0 Å². The first kappa shape index (κ1) is 15.2. The molecule has 0 amide bonds. The van der Waals surface area contributed by atoms with Crippen molar-refractivity contribution in [3.05, 3.63) is 18.0 Å². The Kier molecular flexibility index (Phi) is 5.31. The molecule has 5 nitrogen and oxygen atoms in total. The molecule has 0 radical (unpaired) electrons. The highest BCUT2D eigenvalue weighted by atomic mass is 15.3. The molecule has 1 aromatic heterocycles. The van der Waals surface area contributed by atoms with Gasteiger partial charge < -0.3 is 15.5 Å². The van der Waals surface area contributed by atoms with E-state index in [2.05, 4.69) is 40.8 Å². The lowest BCUT2D eigenvalue weighted by atomic mass is 10.1. The van der Waals surface area contributed by atoms with Gasteiger partial charge in [0.25, 0.3) is 0 Å². The van der Waals surface area contributed by atoms with Crippen LogP contribution in [0, 0.1) is 0 Å². The molecule has 0 aromatic carbocycles. The first-order chi connectivity index (χ1) is 9.60. The Labute approximate surface area is 122 Å². The van der Waals surface area contributed by atoms with Gasteiger partial charge in [-0.3, -0.25) is 0 Å². The predicted molar refractivity (Wildman–Crippen MR) is 82.9 cm³/mol. The molecule has 2 N–H and O–H groups in total. The summed E-state index contributed by atoms with van der Waals surface area (Å²) in [5.74, 6) is 0.805. The average Bonchev–Trinajstić information content (AvgIpc) is 2.85. The van der Waals surface area contributed by atoms with Crippen molar-refractivity contribution in [3.63, 3.8) is 0 Å². The molecule has 112 valence electrons. The third-order valence-corrected chi connectivity index (χ3v) is 4.21. The smallest absolute Gasteiger partial charge is 0.225 e. The topological polar surface area (TPSA) is 58.3 Å². The number of rotatable bonds is 6. The maximum Gasteiger partial charge on any atom is 0.225 e. The van der Waals surface area contributed by atoms with Crippen molar-refractivity contribution < 1.29 is 0 Å². The molecule has 1 aliphatic rings. The van der Waals surface area contributed by atoms with Gasteiger partial charge in [-0.25, -0.2) is 9.97 Å².